The van der Waals surface area contributed by atoms with Gasteiger partial charge in [-0.2, -0.15) is 11.8 Å². The molecule has 1 aromatic heterocycles. The molecular weight excluding hydrogens is 282 g/mol. The van der Waals surface area contributed by atoms with Crippen LogP contribution in [0, 0.1) is 6.92 Å². The third-order valence-electron chi connectivity index (χ3n) is 4.31. The van der Waals surface area contributed by atoms with E-state index < -0.39 is 0 Å². The van der Waals surface area contributed by atoms with Crippen LogP contribution in [0.5, 0.6) is 0 Å². The van der Waals surface area contributed by atoms with Gasteiger partial charge in [0.05, 0.1) is 11.0 Å². The second-order valence-electron chi connectivity index (χ2n) is 6.06. The van der Waals surface area contributed by atoms with Crippen LogP contribution in [0.25, 0.3) is 11.0 Å². The Bertz CT molecular complexity index is 686. The lowest BCUT2D eigenvalue weighted by molar-refractivity contribution is 0.0887. The topological polar surface area (TPSA) is 46.9 Å². The van der Waals surface area contributed by atoms with Crippen LogP contribution in [0.4, 0.5) is 0 Å². The highest BCUT2D eigenvalue weighted by Gasteiger charge is 2.30. The summed E-state index contributed by atoms with van der Waals surface area (Å²) in [5.41, 5.74) is 2.95. The van der Waals surface area contributed by atoms with Crippen molar-refractivity contribution in [2.45, 2.75) is 32.2 Å². The molecule has 21 heavy (non-hydrogen) atoms. The average Bonchev–Trinajstić information content (AvgIpc) is 2.78. The highest BCUT2D eigenvalue weighted by Crippen LogP contribution is 2.27. The number of carbonyl (C=O) groups is 1. The molecule has 1 amide bonds. The highest BCUT2D eigenvalue weighted by atomic mass is 32.2. The molecule has 112 valence electrons. The van der Waals surface area contributed by atoms with Crippen LogP contribution in [-0.2, 0) is 7.05 Å². The maximum atomic E-state index is 12.6. The molecular formula is C16H21N3OS. The molecule has 0 saturated carbocycles. The molecule has 1 aliphatic rings. The number of aryl methyl sites for hydroxylation is 2. The van der Waals surface area contributed by atoms with Crippen molar-refractivity contribution in [1.82, 2.24) is 14.9 Å². The van der Waals surface area contributed by atoms with Crippen molar-refractivity contribution in [2.24, 2.45) is 7.05 Å². The van der Waals surface area contributed by atoms with E-state index in [-0.39, 0.29) is 11.4 Å². The maximum Gasteiger partial charge on any atom is 0.287 e. The largest absolute Gasteiger partial charge is 0.344 e. The Labute approximate surface area is 129 Å². The molecule has 0 radical (unpaired) electrons. The molecule has 2 heterocycles. The fourth-order valence-electron chi connectivity index (χ4n) is 2.95. The molecule has 2 aromatic rings. The third-order valence-corrected chi connectivity index (χ3v) is 5.30. The van der Waals surface area contributed by atoms with Crippen molar-refractivity contribution in [3.05, 3.63) is 29.6 Å². The van der Waals surface area contributed by atoms with Crippen LogP contribution in [-0.4, -0.2) is 32.5 Å². The molecule has 0 aliphatic carbocycles. The number of thioether (sulfide) groups is 1. The summed E-state index contributed by atoms with van der Waals surface area (Å²) in [7, 11) is 1.91. The summed E-state index contributed by atoms with van der Waals surface area (Å²) in [6.07, 6.45) is 2.04. The fraction of sp³-hybridized carbons (Fsp3) is 0.500. The van der Waals surface area contributed by atoms with E-state index in [9.17, 15) is 4.79 Å². The number of para-hydroxylation sites is 1. The van der Waals surface area contributed by atoms with Crippen molar-refractivity contribution in [3.8, 4) is 0 Å². The van der Waals surface area contributed by atoms with Crippen LogP contribution in [0.3, 0.4) is 0 Å². The summed E-state index contributed by atoms with van der Waals surface area (Å²) in [5, 5.41) is 3.20. The molecule has 1 N–H and O–H groups in total. The minimum atomic E-state index is -0.102. The Kier molecular flexibility index (Phi) is 3.69. The predicted molar refractivity (Wildman–Crippen MR) is 87.9 cm³/mol. The number of aromatic nitrogens is 2. The van der Waals surface area contributed by atoms with Crippen molar-refractivity contribution >= 4 is 28.7 Å². The second kappa shape index (κ2) is 5.37. The number of rotatable bonds is 2. The van der Waals surface area contributed by atoms with E-state index in [1.54, 1.807) is 0 Å². The molecule has 3 rings (SSSR count). The standard InChI is InChI=1S/C16H21N3OS/c1-11-5-4-6-12-13(11)19(3)14(17-12)15(20)18-16(2)7-9-21-10-8-16/h4-6H,7-10H2,1-3H3,(H,18,20). The van der Waals surface area contributed by atoms with Crippen LogP contribution in [0.1, 0.15) is 35.9 Å². The van der Waals surface area contributed by atoms with E-state index in [1.807, 2.05) is 48.5 Å². The predicted octanol–water partition coefficient (Wildman–Crippen LogP) is 2.90. The van der Waals surface area contributed by atoms with Crippen molar-refractivity contribution in [3.63, 3.8) is 0 Å². The van der Waals surface area contributed by atoms with Gasteiger partial charge in [-0.25, -0.2) is 4.98 Å². The van der Waals surface area contributed by atoms with Gasteiger partial charge in [0.15, 0.2) is 5.82 Å². The zero-order valence-electron chi connectivity index (χ0n) is 12.8. The van der Waals surface area contributed by atoms with E-state index in [0.29, 0.717) is 5.82 Å². The molecule has 5 heteroatoms. The molecule has 0 atom stereocenters. The second-order valence-corrected chi connectivity index (χ2v) is 7.29. The number of hydrogen-bond donors (Lipinski definition) is 1. The minimum Gasteiger partial charge on any atom is -0.344 e. The Morgan fingerprint density at radius 2 is 2.10 bits per heavy atom. The van der Waals surface area contributed by atoms with Gasteiger partial charge >= 0.3 is 0 Å². The summed E-state index contributed by atoms with van der Waals surface area (Å²) in [4.78, 5) is 17.1. The highest BCUT2D eigenvalue weighted by molar-refractivity contribution is 7.99. The molecule has 4 nitrogen and oxygen atoms in total. The van der Waals surface area contributed by atoms with E-state index in [1.165, 1.54) is 0 Å². The summed E-state index contributed by atoms with van der Waals surface area (Å²) in [6, 6.07) is 5.98. The smallest absolute Gasteiger partial charge is 0.287 e. The Balaban J connectivity index is 1.91. The molecule has 1 fully saturated rings. The fourth-order valence-corrected chi connectivity index (χ4v) is 4.34. The van der Waals surface area contributed by atoms with Gasteiger partial charge in [0.25, 0.3) is 5.91 Å². The van der Waals surface area contributed by atoms with Gasteiger partial charge in [0.1, 0.15) is 0 Å². The van der Waals surface area contributed by atoms with E-state index in [4.69, 9.17) is 0 Å². The summed E-state index contributed by atoms with van der Waals surface area (Å²) < 4.78 is 1.90. The van der Waals surface area contributed by atoms with E-state index >= 15 is 0 Å². The van der Waals surface area contributed by atoms with Crippen molar-refractivity contribution in [1.29, 1.82) is 0 Å². The number of carbonyl (C=O) groups excluding carboxylic acids is 1. The minimum absolute atomic E-state index is 0.0671. The molecule has 1 saturated heterocycles. The quantitative estimate of drug-likeness (QED) is 0.928. The number of imidazole rings is 1. The van der Waals surface area contributed by atoms with Gasteiger partial charge in [-0.3, -0.25) is 4.79 Å². The van der Waals surface area contributed by atoms with E-state index in [2.05, 4.69) is 17.2 Å². The first kappa shape index (κ1) is 14.4. The van der Waals surface area contributed by atoms with Gasteiger partial charge in [-0.1, -0.05) is 12.1 Å². The maximum absolute atomic E-state index is 12.6. The first-order valence-corrected chi connectivity index (χ1v) is 8.48. The lowest BCUT2D eigenvalue weighted by Gasteiger charge is -2.34. The van der Waals surface area contributed by atoms with Gasteiger partial charge in [-0.15, -0.1) is 0 Å². The Morgan fingerprint density at radius 1 is 1.38 bits per heavy atom. The van der Waals surface area contributed by atoms with Crippen LogP contribution >= 0.6 is 11.8 Å². The lowest BCUT2D eigenvalue weighted by atomic mass is 9.95. The Hall–Kier alpha value is -1.49. The molecule has 1 aromatic carbocycles. The van der Waals surface area contributed by atoms with Gasteiger partial charge in [-0.05, 0) is 49.8 Å². The first-order chi connectivity index (χ1) is 10.0. The molecule has 1 aliphatic heterocycles. The van der Waals surface area contributed by atoms with Gasteiger partial charge in [0, 0.05) is 12.6 Å². The molecule has 0 unspecified atom stereocenters. The zero-order chi connectivity index (χ0) is 15.0. The van der Waals surface area contributed by atoms with Gasteiger partial charge in [0.2, 0.25) is 0 Å². The normalized spacial score (nSPS) is 17.9. The average molecular weight is 303 g/mol. The molecule has 0 spiro atoms. The number of nitrogens with zero attached hydrogens (tertiary/aromatic N) is 2. The number of amides is 1. The van der Waals surface area contributed by atoms with Crippen molar-refractivity contribution in [2.75, 3.05) is 11.5 Å². The molecule has 0 bridgehead atoms. The number of hydrogen-bond acceptors (Lipinski definition) is 3. The SMILES string of the molecule is Cc1cccc2nc(C(=O)NC3(C)CCSCC3)n(C)c12. The lowest BCUT2D eigenvalue weighted by Crippen LogP contribution is -2.48. The summed E-state index contributed by atoms with van der Waals surface area (Å²) in [5.74, 6) is 2.65. The van der Waals surface area contributed by atoms with Crippen LogP contribution < -0.4 is 5.32 Å². The first-order valence-electron chi connectivity index (χ1n) is 7.32. The van der Waals surface area contributed by atoms with Crippen molar-refractivity contribution < 1.29 is 4.79 Å². The number of nitrogens with one attached hydrogen (secondary N) is 1. The van der Waals surface area contributed by atoms with Crippen LogP contribution in [0.2, 0.25) is 0 Å². The third kappa shape index (κ3) is 2.67. The van der Waals surface area contributed by atoms with Crippen LogP contribution in [0.15, 0.2) is 18.2 Å². The number of fused-ring (bicyclic) bond motifs is 1. The number of benzene rings is 1. The summed E-state index contributed by atoms with van der Waals surface area (Å²) in [6.45, 7) is 4.18. The van der Waals surface area contributed by atoms with E-state index in [0.717, 1.165) is 40.9 Å². The zero-order valence-corrected chi connectivity index (χ0v) is 13.6. The van der Waals surface area contributed by atoms with Gasteiger partial charge < -0.3 is 9.88 Å². The monoisotopic (exact) mass is 303 g/mol. The summed E-state index contributed by atoms with van der Waals surface area (Å²) >= 11 is 1.96. The Morgan fingerprint density at radius 3 is 2.76 bits per heavy atom.